The molecule has 0 spiro atoms. The molecule has 0 unspecified atom stereocenters. The zero-order valence-electron chi connectivity index (χ0n) is 31.3. The number of fused-ring (bicyclic) bond motifs is 5. The van der Waals surface area contributed by atoms with E-state index < -0.39 is 41.5 Å². The standard InChI is InChI=1S/C39H43F3N10O4/c1-23-45-32-17-25(41)15-28-31-5-4-6-35(47-31)46-26-18-34(39(54)48(2)21-27(55-3)22-50(23)36(28)32)51(20-26)38(53)29-19-44-52(33-8-7-24(40)16-30(33)42)37(29)43-9-10-49-11-13-56-14-12-49/h4-8,15-17,19,26-27,34,43H,9-14,18,20-22H2,1-3H3,(H,46,47)/t26-,27-,34-/m0/s1. The molecule has 2 aromatic carbocycles. The van der Waals surface area contributed by atoms with Gasteiger partial charge in [-0.1, -0.05) is 6.07 Å². The smallest absolute Gasteiger partial charge is 0.260 e. The number of likely N-dealkylation sites (tertiary alicyclic amines) is 1. The maximum Gasteiger partial charge on any atom is 0.260 e. The predicted molar refractivity (Wildman–Crippen MR) is 202 cm³/mol. The van der Waals surface area contributed by atoms with E-state index >= 15 is 8.78 Å². The first-order valence-electron chi connectivity index (χ1n) is 18.6. The molecular formula is C39H43F3N10O4. The monoisotopic (exact) mass is 772 g/mol. The third-order valence-corrected chi connectivity index (χ3v) is 10.8. The highest BCUT2D eigenvalue weighted by molar-refractivity contribution is 6.02. The van der Waals surface area contributed by atoms with Crippen molar-refractivity contribution in [3.8, 4) is 16.9 Å². The third kappa shape index (κ3) is 7.29. The number of likely N-dealkylation sites (N-methyl/N-ethyl adjacent to an activating group) is 1. The van der Waals surface area contributed by atoms with Crippen LogP contribution in [0.1, 0.15) is 22.6 Å². The number of hydrogen-bond donors (Lipinski definition) is 2. The third-order valence-electron chi connectivity index (χ3n) is 10.8. The van der Waals surface area contributed by atoms with Crippen LogP contribution in [0, 0.1) is 24.4 Å². The lowest BCUT2D eigenvalue weighted by molar-refractivity contribution is -0.135. The van der Waals surface area contributed by atoms with Crippen LogP contribution in [0.5, 0.6) is 0 Å². The van der Waals surface area contributed by atoms with Crippen molar-refractivity contribution in [1.29, 1.82) is 0 Å². The number of benzene rings is 2. The van der Waals surface area contributed by atoms with E-state index in [2.05, 4.69) is 25.6 Å². The van der Waals surface area contributed by atoms with E-state index in [9.17, 15) is 14.0 Å². The summed E-state index contributed by atoms with van der Waals surface area (Å²) in [5.41, 5.74) is 2.34. The fraction of sp³-hybridized carbons (Fsp3) is 0.410. The average Bonchev–Trinajstić information content (AvgIpc) is 3.89. The molecule has 0 saturated carbocycles. The van der Waals surface area contributed by atoms with E-state index in [-0.39, 0.29) is 42.5 Å². The Kier molecular flexibility index (Phi) is 10.4. The topological polar surface area (TPSA) is 135 Å². The summed E-state index contributed by atoms with van der Waals surface area (Å²) in [7, 11) is 3.24. The second kappa shape index (κ2) is 15.5. The van der Waals surface area contributed by atoms with Gasteiger partial charge in [-0.3, -0.25) is 14.5 Å². The van der Waals surface area contributed by atoms with Gasteiger partial charge >= 0.3 is 0 Å². The van der Waals surface area contributed by atoms with Gasteiger partial charge in [-0.2, -0.15) is 5.10 Å². The minimum atomic E-state index is -0.893. The van der Waals surface area contributed by atoms with Crippen LogP contribution in [0.3, 0.4) is 0 Å². The molecule has 2 fully saturated rings. The Hall–Kier alpha value is -5.52. The SMILES string of the molecule is CO[C@H]1CN(C)C(=O)[C@@H]2C[C@@H](CN2C(=O)c2cnn(-c3ccc(F)cc3F)c2NCCN2CCOCC2)Nc2cccc(n2)-c2cc(F)cc3nc(C)n(c23)C1. The number of anilines is 2. The molecule has 14 nitrogen and oxygen atoms in total. The van der Waals surface area contributed by atoms with Crippen LogP contribution in [0.2, 0.25) is 0 Å². The fourth-order valence-electron chi connectivity index (χ4n) is 7.93. The van der Waals surface area contributed by atoms with E-state index in [0.29, 0.717) is 66.8 Å². The van der Waals surface area contributed by atoms with Crippen LogP contribution < -0.4 is 10.6 Å². The van der Waals surface area contributed by atoms with Gasteiger partial charge in [0.2, 0.25) is 5.91 Å². The molecule has 3 aliphatic rings. The number of aryl methyl sites for hydroxylation is 1. The van der Waals surface area contributed by atoms with Gasteiger partial charge in [0.05, 0.1) is 48.8 Å². The fourth-order valence-corrected chi connectivity index (χ4v) is 7.93. The Bertz CT molecular complexity index is 2270. The zero-order valence-corrected chi connectivity index (χ0v) is 31.3. The van der Waals surface area contributed by atoms with Crippen molar-refractivity contribution in [2.45, 2.75) is 38.1 Å². The molecule has 2 N–H and O–H groups in total. The molecule has 3 aromatic heterocycles. The van der Waals surface area contributed by atoms with Gasteiger partial charge in [-0.15, -0.1) is 0 Å². The van der Waals surface area contributed by atoms with E-state index in [0.717, 1.165) is 25.2 Å². The molecule has 5 aromatic rings. The van der Waals surface area contributed by atoms with Crippen molar-refractivity contribution in [2.75, 3.05) is 77.3 Å². The van der Waals surface area contributed by atoms with Crippen molar-refractivity contribution in [3.63, 3.8) is 0 Å². The number of pyridine rings is 1. The number of carbonyl (C=O) groups excluding carboxylic acids is 2. The summed E-state index contributed by atoms with van der Waals surface area (Å²) in [6.45, 7) is 6.17. The molecule has 4 bridgehead atoms. The highest BCUT2D eigenvalue weighted by atomic mass is 19.1. The maximum absolute atomic E-state index is 15.2. The highest BCUT2D eigenvalue weighted by Crippen LogP contribution is 2.33. The second-order valence-corrected chi connectivity index (χ2v) is 14.4. The van der Waals surface area contributed by atoms with Gasteiger partial charge in [-0.05, 0) is 43.7 Å². The molecule has 6 heterocycles. The molecule has 294 valence electrons. The maximum atomic E-state index is 15.2. The minimum Gasteiger partial charge on any atom is -0.379 e. The minimum absolute atomic E-state index is 0.0440. The normalized spacial score (nSPS) is 20.5. The first-order chi connectivity index (χ1) is 27.1. The molecule has 3 atom stereocenters. The van der Waals surface area contributed by atoms with Crippen LogP contribution in [-0.4, -0.2) is 136 Å². The van der Waals surface area contributed by atoms with Gasteiger partial charge in [0.1, 0.15) is 46.4 Å². The van der Waals surface area contributed by atoms with Gasteiger partial charge in [0, 0.05) is 77.2 Å². The number of carbonyl (C=O) groups is 2. The molecule has 2 amide bonds. The molecule has 0 aliphatic carbocycles. The lowest BCUT2D eigenvalue weighted by Crippen LogP contribution is -2.49. The first-order valence-corrected chi connectivity index (χ1v) is 18.6. The summed E-state index contributed by atoms with van der Waals surface area (Å²) in [6.07, 6.45) is 1.11. The van der Waals surface area contributed by atoms with E-state index in [1.807, 2.05) is 17.6 Å². The van der Waals surface area contributed by atoms with Crippen LogP contribution in [0.4, 0.5) is 24.8 Å². The Labute approximate surface area is 321 Å². The number of morpholine rings is 1. The number of halogens is 3. The van der Waals surface area contributed by atoms with Gasteiger partial charge in [0.15, 0.2) is 5.82 Å². The first kappa shape index (κ1) is 37.4. The zero-order chi connectivity index (χ0) is 39.1. The largest absolute Gasteiger partial charge is 0.379 e. The van der Waals surface area contributed by atoms with Crippen LogP contribution >= 0.6 is 0 Å². The van der Waals surface area contributed by atoms with E-state index in [1.54, 1.807) is 31.2 Å². The number of rotatable bonds is 7. The van der Waals surface area contributed by atoms with E-state index in [4.69, 9.17) is 14.5 Å². The molecule has 8 rings (SSSR count). The summed E-state index contributed by atoms with van der Waals surface area (Å²) in [5.74, 6) is -1.49. The van der Waals surface area contributed by atoms with Gasteiger partial charge in [0.25, 0.3) is 5.91 Å². The number of methoxy groups -OCH3 is 1. The number of nitrogens with one attached hydrogen (secondary N) is 2. The summed E-state index contributed by atoms with van der Waals surface area (Å²) in [6, 6.07) is 10.1. The second-order valence-electron chi connectivity index (χ2n) is 14.4. The van der Waals surface area contributed by atoms with E-state index in [1.165, 1.54) is 34.0 Å². The Morgan fingerprint density at radius 3 is 2.64 bits per heavy atom. The number of ether oxygens (including phenoxy) is 2. The van der Waals surface area contributed by atoms with Crippen molar-refractivity contribution in [2.24, 2.45) is 0 Å². The van der Waals surface area contributed by atoms with Crippen molar-refractivity contribution in [3.05, 3.63) is 83.6 Å². The number of amides is 2. The Balaban J connectivity index is 1.15. The quantitative estimate of drug-likeness (QED) is 0.251. The van der Waals surface area contributed by atoms with Crippen molar-refractivity contribution >= 4 is 34.5 Å². The van der Waals surface area contributed by atoms with Crippen LogP contribution in [0.25, 0.3) is 28.0 Å². The molecule has 0 radical (unpaired) electrons. The summed E-state index contributed by atoms with van der Waals surface area (Å²) in [4.78, 5) is 44.0. The summed E-state index contributed by atoms with van der Waals surface area (Å²) >= 11 is 0. The lowest BCUT2D eigenvalue weighted by Gasteiger charge is -2.30. The summed E-state index contributed by atoms with van der Waals surface area (Å²) < 4.78 is 58.8. The Morgan fingerprint density at radius 2 is 1.86 bits per heavy atom. The van der Waals surface area contributed by atoms with Gasteiger partial charge < -0.3 is 34.5 Å². The number of aromatic nitrogens is 5. The predicted octanol–water partition coefficient (Wildman–Crippen LogP) is 3.94. The number of hydrogen-bond acceptors (Lipinski definition) is 10. The Morgan fingerprint density at radius 1 is 1.04 bits per heavy atom. The van der Waals surface area contributed by atoms with Gasteiger partial charge in [-0.25, -0.2) is 27.8 Å². The van der Waals surface area contributed by atoms with Crippen molar-refractivity contribution in [1.82, 2.24) is 39.0 Å². The molecule has 17 heteroatoms. The van der Waals surface area contributed by atoms with Crippen molar-refractivity contribution < 1.29 is 32.2 Å². The highest BCUT2D eigenvalue weighted by Gasteiger charge is 2.43. The lowest BCUT2D eigenvalue weighted by atomic mass is 10.1. The summed E-state index contributed by atoms with van der Waals surface area (Å²) in [5, 5.41) is 11.1. The molecule has 56 heavy (non-hydrogen) atoms. The number of nitrogens with zero attached hydrogens (tertiary/aromatic N) is 8. The van der Waals surface area contributed by atoms with Crippen LogP contribution in [0.15, 0.2) is 54.7 Å². The molecular weight excluding hydrogens is 729 g/mol. The van der Waals surface area contributed by atoms with Crippen LogP contribution in [-0.2, 0) is 20.8 Å². The number of imidazole rings is 1. The molecule has 3 aliphatic heterocycles. The molecule has 2 saturated heterocycles. The average molecular weight is 773 g/mol.